The Morgan fingerprint density at radius 2 is 1.67 bits per heavy atom. The molecule has 4 aliphatic rings. The van der Waals surface area contributed by atoms with E-state index < -0.39 is 8.32 Å². The zero-order chi connectivity index (χ0) is 21.9. The molecule has 4 saturated carbocycles. The topological polar surface area (TPSA) is 51.0 Å². The molecule has 0 aromatic rings. The molecule has 4 fully saturated rings. The molecule has 0 saturated heterocycles. The Hall–Kier alpha value is -0.393. The maximum atomic E-state index is 10.3. The van der Waals surface area contributed by atoms with E-state index in [1.807, 2.05) is 0 Å². The molecule has 0 heterocycles. The lowest BCUT2D eigenvalue weighted by Gasteiger charge is -2.62. The van der Waals surface area contributed by atoms with Gasteiger partial charge in [-0.15, -0.1) is 0 Å². The Morgan fingerprint density at radius 3 is 2.33 bits per heavy atom. The van der Waals surface area contributed by atoms with Crippen molar-refractivity contribution in [1.29, 1.82) is 0 Å². The molecule has 0 spiro atoms. The van der Waals surface area contributed by atoms with Crippen LogP contribution >= 0.6 is 0 Å². The quantitative estimate of drug-likeness (QED) is 0.334. The van der Waals surface area contributed by atoms with E-state index in [1.165, 1.54) is 38.5 Å². The second-order valence-electron chi connectivity index (χ2n) is 12.5. The molecule has 4 rings (SSSR count). The smallest absolute Gasteiger partial charge is 0.185 e. The van der Waals surface area contributed by atoms with Crippen LogP contribution in [0.5, 0.6) is 0 Å². The first-order chi connectivity index (χ1) is 14.0. The standard InChI is InChI=1S/C25H45NO3Si/c1-17(26-28-4)25(29-30(5,6)7)15-12-22-20-9-8-18-16-19(27)10-13-23(18,2)21(20)11-14-24(22,25)3/h18-22,27H,8-16H2,1-7H3/b26-17+/t18-,19+,20+,21-,22-,23-,24-,25+/m0/s1. The molecule has 0 aliphatic heterocycles. The second kappa shape index (κ2) is 7.59. The predicted molar refractivity (Wildman–Crippen MR) is 125 cm³/mol. The molecule has 8 atom stereocenters. The van der Waals surface area contributed by atoms with Gasteiger partial charge in [0.25, 0.3) is 0 Å². The van der Waals surface area contributed by atoms with E-state index in [0.29, 0.717) is 17.3 Å². The van der Waals surface area contributed by atoms with Gasteiger partial charge in [-0.3, -0.25) is 0 Å². The number of oxime groups is 1. The number of hydrogen-bond acceptors (Lipinski definition) is 4. The van der Waals surface area contributed by atoms with Gasteiger partial charge < -0.3 is 14.4 Å². The van der Waals surface area contributed by atoms with Gasteiger partial charge in [-0.05, 0) is 113 Å². The fourth-order valence-electron chi connectivity index (χ4n) is 8.80. The number of aliphatic hydroxyl groups excluding tert-OH is 1. The summed E-state index contributed by atoms with van der Waals surface area (Å²) < 4.78 is 7.09. The van der Waals surface area contributed by atoms with Gasteiger partial charge in [0.1, 0.15) is 12.7 Å². The van der Waals surface area contributed by atoms with Crippen LogP contribution in [0.2, 0.25) is 19.6 Å². The summed E-state index contributed by atoms with van der Waals surface area (Å²) >= 11 is 0. The van der Waals surface area contributed by atoms with E-state index in [4.69, 9.17) is 9.26 Å². The molecule has 4 aliphatic carbocycles. The molecular weight excluding hydrogens is 390 g/mol. The van der Waals surface area contributed by atoms with Gasteiger partial charge in [-0.1, -0.05) is 19.0 Å². The molecule has 0 bridgehead atoms. The first-order valence-corrected chi connectivity index (χ1v) is 15.8. The van der Waals surface area contributed by atoms with Crippen molar-refractivity contribution in [3.8, 4) is 0 Å². The number of aliphatic hydroxyl groups is 1. The van der Waals surface area contributed by atoms with Crippen molar-refractivity contribution < 1.29 is 14.4 Å². The van der Waals surface area contributed by atoms with Crippen molar-refractivity contribution in [1.82, 2.24) is 0 Å². The Kier molecular flexibility index (Phi) is 5.76. The highest BCUT2D eigenvalue weighted by Crippen LogP contribution is 2.69. The van der Waals surface area contributed by atoms with Crippen LogP contribution in [0, 0.1) is 34.5 Å². The normalized spacial score (nSPS) is 49.2. The number of hydrogen-bond donors (Lipinski definition) is 1. The van der Waals surface area contributed by atoms with E-state index in [-0.39, 0.29) is 17.1 Å². The number of rotatable bonds is 4. The van der Waals surface area contributed by atoms with E-state index in [0.717, 1.165) is 36.8 Å². The Labute approximate surface area is 185 Å². The minimum Gasteiger partial charge on any atom is -0.406 e. The molecule has 1 N–H and O–H groups in total. The minimum absolute atomic E-state index is 0.0642. The zero-order valence-corrected chi connectivity index (χ0v) is 21.5. The highest BCUT2D eigenvalue weighted by atomic mass is 28.4. The van der Waals surface area contributed by atoms with Gasteiger partial charge in [0.2, 0.25) is 0 Å². The van der Waals surface area contributed by atoms with E-state index >= 15 is 0 Å². The van der Waals surface area contributed by atoms with Crippen LogP contribution in [-0.4, -0.2) is 38.0 Å². The lowest BCUT2D eigenvalue weighted by atomic mass is 9.44. The molecular formula is C25H45NO3Si. The molecule has 5 heteroatoms. The summed E-state index contributed by atoms with van der Waals surface area (Å²) in [6.07, 6.45) is 10.7. The Balaban J connectivity index is 1.68. The van der Waals surface area contributed by atoms with Crippen molar-refractivity contribution in [2.24, 2.45) is 39.7 Å². The summed E-state index contributed by atoms with van der Waals surface area (Å²) in [6.45, 7) is 14.2. The summed E-state index contributed by atoms with van der Waals surface area (Å²) in [5.74, 6) is 3.03. The summed E-state index contributed by atoms with van der Waals surface area (Å²) in [6, 6.07) is 0. The van der Waals surface area contributed by atoms with Crippen molar-refractivity contribution >= 4 is 14.0 Å². The van der Waals surface area contributed by atoms with Crippen LogP contribution in [0.15, 0.2) is 5.16 Å². The van der Waals surface area contributed by atoms with E-state index in [1.54, 1.807) is 7.11 Å². The van der Waals surface area contributed by atoms with Crippen molar-refractivity contribution in [3.63, 3.8) is 0 Å². The fraction of sp³-hybridized carbons (Fsp3) is 0.960. The molecule has 172 valence electrons. The average Bonchev–Trinajstić information content (AvgIpc) is 2.94. The molecule has 0 aromatic heterocycles. The summed E-state index contributed by atoms with van der Waals surface area (Å²) in [5, 5.41) is 14.8. The third kappa shape index (κ3) is 3.33. The van der Waals surface area contributed by atoms with Gasteiger partial charge in [0.15, 0.2) is 8.32 Å². The molecule has 0 amide bonds. The Morgan fingerprint density at radius 1 is 0.967 bits per heavy atom. The third-order valence-electron chi connectivity index (χ3n) is 10.1. The van der Waals surface area contributed by atoms with Crippen molar-refractivity contribution in [2.75, 3.05) is 7.11 Å². The number of nitrogens with zero attached hydrogens (tertiary/aromatic N) is 1. The molecule has 0 aromatic carbocycles. The van der Waals surface area contributed by atoms with Crippen LogP contribution in [0.4, 0.5) is 0 Å². The predicted octanol–water partition coefficient (Wildman–Crippen LogP) is 6.00. The van der Waals surface area contributed by atoms with Crippen LogP contribution in [0.3, 0.4) is 0 Å². The molecule has 0 unspecified atom stereocenters. The number of fused-ring (bicyclic) bond motifs is 5. The SMILES string of the molecule is CO/N=C(\C)[C@]1(O[Si](C)(C)C)CC[C@H]2[C@@H]3CC[C@H]4C[C@H](O)CC[C@]4(C)[C@H]3CC[C@@]21C. The lowest BCUT2D eigenvalue weighted by molar-refractivity contribution is -0.140. The Bertz CT molecular complexity index is 690. The lowest BCUT2D eigenvalue weighted by Crippen LogP contribution is -2.61. The monoisotopic (exact) mass is 435 g/mol. The largest absolute Gasteiger partial charge is 0.406 e. The van der Waals surface area contributed by atoms with Crippen molar-refractivity contribution in [2.45, 2.75) is 110 Å². The second-order valence-corrected chi connectivity index (χ2v) is 16.9. The molecule has 0 radical (unpaired) electrons. The van der Waals surface area contributed by atoms with Crippen LogP contribution < -0.4 is 0 Å². The first kappa shape index (κ1) is 22.8. The van der Waals surface area contributed by atoms with Crippen LogP contribution in [-0.2, 0) is 9.26 Å². The maximum Gasteiger partial charge on any atom is 0.185 e. The van der Waals surface area contributed by atoms with Crippen LogP contribution in [0.25, 0.3) is 0 Å². The molecule has 4 nitrogen and oxygen atoms in total. The maximum absolute atomic E-state index is 10.3. The average molecular weight is 436 g/mol. The summed E-state index contributed by atoms with van der Waals surface area (Å²) in [7, 11) is -0.104. The van der Waals surface area contributed by atoms with Gasteiger partial charge in [-0.25, -0.2) is 0 Å². The van der Waals surface area contributed by atoms with Gasteiger partial charge in [0.05, 0.1) is 11.8 Å². The van der Waals surface area contributed by atoms with Gasteiger partial charge in [0, 0.05) is 5.41 Å². The third-order valence-corrected chi connectivity index (χ3v) is 11.0. The highest BCUT2D eigenvalue weighted by Gasteiger charge is 2.67. The summed E-state index contributed by atoms with van der Waals surface area (Å²) in [4.78, 5) is 5.28. The molecule has 30 heavy (non-hydrogen) atoms. The van der Waals surface area contributed by atoms with Gasteiger partial charge >= 0.3 is 0 Å². The highest BCUT2D eigenvalue weighted by molar-refractivity contribution is 6.70. The van der Waals surface area contributed by atoms with E-state index in [9.17, 15) is 5.11 Å². The first-order valence-electron chi connectivity index (χ1n) is 12.4. The van der Waals surface area contributed by atoms with E-state index in [2.05, 4.69) is 45.6 Å². The zero-order valence-electron chi connectivity index (χ0n) is 20.5. The van der Waals surface area contributed by atoms with Gasteiger partial charge in [-0.2, -0.15) is 0 Å². The van der Waals surface area contributed by atoms with Crippen molar-refractivity contribution in [3.05, 3.63) is 0 Å². The summed E-state index contributed by atoms with van der Waals surface area (Å²) in [5.41, 5.74) is 1.34. The fourth-order valence-corrected chi connectivity index (χ4v) is 10.3. The van der Waals surface area contributed by atoms with Crippen LogP contribution in [0.1, 0.15) is 78.6 Å². The minimum atomic E-state index is -1.77.